The monoisotopic (exact) mass is 500 g/mol. The SMILES string of the molecule is CS(=O)(=O)N1CCC(Nc2ncc(C(F)(F)F)c(-c3cn(-c4ccccc4Cl)cn3)n2)CC1. The van der Waals surface area contributed by atoms with E-state index in [1.165, 1.54) is 21.4 Å². The lowest BCUT2D eigenvalue weighted by Crippen LogP contribution is -2.42. The van der Waals surface area contributed by atoms with Crippen molar-refractivity contribution in [3.63, 3.8) is 0 Å². The van der Waals surface area contributed by atoms with Gasteiger partial charge in [-0.15, -0.1) is 0 Å². The van der Waals surface area contributed by atoms with Gasteiger partial charge in [-0.1, -0.05) is 23.7 Å². The summed E-state index contributed by atoms with van der Waals surface area (Å²) in [6, 6.07) is 6.71. The Labute approximate surface area is 193 Å². The number of sulfonamides is 1. The summed E-state index contributed by atoms with van der Waals surface area (Å²) in [5.74, 6) is 0.0168. The van der Waals surface area contributed by atoms with Gasteiger partial charge in [0, 0.05) is 31.5 Å². The number of nitrogens with one attached hydrogen (secondary N) is 1. The number of para-hydroxylation sites is 1. The molecule has 1 saturated heterocycles. The summed E-state index contributed by atoms with van der Waals surface area (Å²) in [5.41, 5.74) is -0.792. The highest BCUT2D eigenvalue weighted by atomic mass is 35.5. The molecule has 1 fully saturated rings. The maximum absolute atomic E-state index is 13.7. The minimum atomic E-state index is -4.68. The van der Waals surface area contributed by atoms with Crippen molar-refractivity contribution in [3.8, 4) is 17.1 Å². The van der Waals surface area contributed by atoms with Gasteiger partial charge in [0.15, 0.2) is 0 Å². The maximum atomic E-state index is 13.7. The molecule has 3 aromatic rings. The van der Waals surface area contributed by atoms with E-state index in [9.17, 15) is 21.6 Å². The third kappa shape index (κ3) is 5.28. The highest BCUT2D eigenvalue weighted by molar-refractivity contribution is 7.88. The van der Waals surface area contributed by atoms with Crippen LogP contribution in [0.25, 0.3) is 17.1 Å². The highest BCUT2D eigenvalue weighted by Crippen LogP contribution is 2.36. The summed E-state index contributed by atoms with van der Waals surface area (Å²) in [5, 5.41) is 3.44. The van der Waals surface area contributed by atoms with E-state index in [2.05, 4.69) is 20.3 Å². The van der Waals surface area contributed by atoms with Crippen molar-refractivity contribution < 1.29 is 21.6 Å². The molecule has 8 nitrogen and oxygen atoms in total. The quantitative estimate of drug-likeness (QED) is 0.572. The first-order valence-corrected chi connectivity index (χ1v) is 12.2. The first-order valence-electron chi connectivity index (χ1n) is 9.97. The van der Waals surface area contributed by atoms with Gasteiger partial charge in [-0.25, -0.2) is 27.7 Å². The Morgan fingerprint density at radius 2 is 1.85 bits per heavy atom. The van der Waals surface area contributed by atoms with Crippen LogP contribution in [0.2, 0.25) is 5.02 Å². The van der Waals surface area contributed by atoms with E-state index in [0.717, 1.165) is 12.5 Å². The van der Waals surface area contributed by atoms with Gasteiger partial charge in [0.2, 0.25) is 16.0 Å². The molecule has 4 rings (SSSR count). The van der Waals surface area contributed by atoms with Crippen LogP contribution in [0, 0.1) is 0 Å². The van der Waals surface area contributed by atoms with Crippen LogP contribution in [0.3, 0.4) is 0 Å². The summed E-state index contributed by atoms with van der Waals surface area (Å²) in [6.45, 7) is 0.623. The van der Waals surface area contributed by atoms with Gasteiger partial charge in [0.25, 0.3) is 0 Å². The number of anilines is 1. The number of hydrogen-bond donors (Lipinski definition) is 1. The second-order valence-corrected chi connectivity index (χ2v) is 10.0. The molecule has 176 valence electrons. The number of aromatic nitrogens is 4. The Morgan fingerprint density at radius 3 is 2.48 bits per heavy atom. The van der Waals surface area contributed by atoms with Crippen LogP contribution in [0.4, 0.5) is 19.1 Å². The van der Waals surface area contributed by atoms with Crippen molar-refractivity contribution in [2.24, 2.45) is 0 Å². The predicted molar refractivity (Wildman–Crippen MR) is 118 cm³/mol. The molecule has 1 aliphatic heterocycles. The van der Waals surface area contributed by atoms with E-state index in [1.807, 2.05) is 0 Å². The lowest BCUT2D eigenvalue weighted by Gasteiger charge is -2.30. The van der Waals surface area contributed by atoms with Gasteiger partial charge in [-0.3, -0.25) is 0 Å². The van der Waals surface area contributed by atoms with E-state index in [4.69, 9.17) is 11.6 Å². The number of halogens is 4. The third-order valence-electron chi connectivity index (χ3n) is 5.31. The molecule has 1 N–H and O–H groups in total. The summed E-state index contributed by atoms with van der Waals surface area (Å²) in [6.07, 6.45) is 0.948. The Hall–Kier alpha value is -2.70. The fourth-order valence-corrected chi connectivity index (χ4v) is 4.71. The summed E-state index contributed by atoms with van der Waals surface area (Å²) >= 11 is 6.18. The Kier molecular flexibility index (Phi) is 6.34. The average Bonchev–Trinajstić information content (AvgIpc) is 3.23. The van der Waals surface area contributed by atoms with E-state index in [0.29, 0.717) is 36.6 Å². The smallest absolute Gasteiger partial charge is 0.351 e. The van der Waals surface area contributed by atoms with E-state index in [-0.39, 0.29) is 23.4 Å². The summed E-state index contributed by atoms with van der Waals surface area (Å²) in [4.78, 5) is 12.1. The van der Waals surface area contributed by atoms with Crippen LogP contribution < -0.4 is 5.32 Å². The number of imidazole rings is 1. The van der Waals surface area contributed by atoms with Gasteiger partial charge >= 0.3 is 6.18 Å². The molecule has 1 aromatic carbocycles. The van der Waals surface area contributed by atoms with Gasteiger partial charge < -0.3 is 9.88 Å². The van der Waals surface area contributed by atoms with Gasteiger partial charge in [0.05, 0.1) is 17.0 Å². The van der Waals surface area contributed by atoms with Crippen LogP contribution in [-0.4, -0.2) is 57.6 Å². The molecule has 1 aliphatic rings. The normalized spacial score (nSPS) is 16.2. The Morgan fingerprint density at radius 1 is 1.15 bits per heavy atom. The zero-order valence-electron chi connectivity index (χ0n) is 17.4. The zero-order valence-corrected chi connectivity index (χ0v) is 19.0. The van der Waals surface area contributed by atoms with E-state index >= 15 is 0 Å². The molecule has 0 amide bonds. The molecule has 0 bridgehead atoms. The van der Waals surface area contributed by atoms with Crippen LogP contribution in [-0.2, 0) is 16.2 Å². The average molecular weight is 501 g/mol. The molecule has 0 unspecified atom stereocenters. The van der Waals surface area contributed by atoms with Crippen molar-refractivity contribution in [1.82, 2.24) is 23.8 Å². The summed E-state index contributed by atoms with van der Waals surface area (Å²) in [7, 11) is -3.28. The third-order valence-corrected chi connectivity index (χ3v) is 6.93. The van der Waals surface area contributed by atoms with Gasteiger partial charge in [-0.05, 0) is 25.0 Å². The van der Waals surface area contributed by atoms with Gasteiger partial charge in [0.1, 0.15) is 23.3 Å². The number of rotatable bonds is 5. The van der Waals surface area contributed by atoms with Crippen LogP contribution >= 0.6 is 11.6 Å². The molecule has 33 heavy (non-hydrogen) atoms. The topological polar surface area (TPSA) is 93.0 Å². The molecule has 2 aromatic heterocycles. The predicted octanol–water partition coefficient (Wildman–Crippen LogP) is 3.84. The molecule has 3 heterocycles. The van der Waals surface area contributed by atoms with Crippen molar-refractivity contribution in [2.45, 2.75) is 25.1 Å². The van der Waals surface area contributed by atoms with Crippen molar-refractivity contribution in [2.75, 3.05) is 24.7 Å². The minimum Gasteiger partial charge on any atom is -0.351 e. The lowest BCUT2D eigenvalue weighted by molar-refractivity contribution is -0.137. The minimum absolute atomic E-state index is 0.0135. The van der Waals surface area contributed by atoms with Crippen LogP contribution in [0.1, 0.15) is 18.4 Å². The van der Waals surface area contributed by atoms with Crippen molar-refractivity contribution >= 4 is 27.6 Å². The second-order valence-electron chi connectivity index (χ2n) is 7.65. The molecule has 13 heteroatoms. The molecule has 0 atom stereocenters. The largest absolute Gasteiger partial charge is 0.420 e. The summed E-state index contributed by atoms with van der Waals surface area (Å²) < 4.78 is 67.2. The van der Waals surface area contributed by atoms with E-state index < -0.39 is 21.8 Å². The van der Waals surface area contributed by atoms with Crippen molar-refractivity contribution in [3.05, 3.63) is 53.6 Å². The fourth-order valence-electron chi connectivity index (χ4n) is 3.61. The lowest BCUT2D eigenvalue weighted by atomic mass is 10.1. The standard InChI is InChI=1S/C20H20ClF3N6O2S/c1-33(31,32)30-8-6-13(7-9-30)27-19-25-10-14(20(22,23)24)18(28-19)16-11-29(12-26-16)17-5-3-2-4-15(17)21/h2-5,10-13H,6-9H2,1H3,(H,25,27,28). The molecule has 0 aliphatic carbocycles. The number of benzene rings is 1. The molecule has 0 radical (unpaired) electrons. The number of nitrogens with zero attached hydrogens (tertiary/aromatic N) is 5. The van der Waals surface area contributed by atoms with Gasteiger partial charge in [-0.2, -0.15) is 13.2 Å². The number of alkyl halides is 3. The van der Waals surface area contributed by atoms with Crippen molar-refractivity contribution in [1.29, 1.82) is 0 Å². The zero-order chi connectivity index (χ0) is 23.8. The number of hydrogen-bond acceptors (Lipinski definition) is 6. The van der Waals surface area contributed by atoms with Crippen LogP contribution in [0.5, 0.6) is 0 Å². The van der Waals surface area contributed by atoms with Crippen LogP contribution in [0.15, 0.2) is 43.0 Å². The second kappa shape index (κ2) is 8.92. The Bertz CT molecular complexity index is 1260. The molecular formula is C20H20ClF3N6O2S. The highest BCUT2D eigenvalue weighted by Gasteiger charge is 2.36. The first-order chi connectivity index (χ1) is 15.5. The first kappa shape index (κ1) is 23.5. The molecule has 0 saturated carbocycles. The Balaban J connectivity index is 1.62. The molecule has 0 spiro atoms. The fraction of sp³-hybridized carbons (Fsp3) is 0.350. The maximum Gasteiger partial charge on any atom is 0.420 e. The number of piperidine rings is 1. The van der Waals surface area contributed by atoms with E-state index in [1.54, 1.807) is 24.3 Å². The molecular weight excluding hydrogens is 481 g/mol.